The molecule has 0 bridgehead atoms. The predicted molar refractivity (Wildman–Crippen MR) is 70.1 cm³/mol. The van der Waals surface area contributed by atoms with Crippen LogP contribution in [-0.4, -0.2) is 34.4 Å². The number of anilines is 1. The number of nitrogens with one attached hydrogen (secondary N) is 1. The fraction of sp³-hybridized carbons (Fsp3) is 0.333. The minimum absolute atomic E-state index is 0.0508. The summed E-state index contributed by atoms with van der Waals surface area (Å²) in [5, 5.41) is 31.3. The second-order valence-corrected chi connectivity index (χ2v) is 4.97. The van der Waals surface area contributed by atoms with E-state index in [1.165, 1.54) is 12.1 Å². The molecule has 8 heteroatoms. The Balaban J connectivity index is 2.88. The van der Waals surface area contributed by atoms with Gasteiger partial charge in [-0.3, -0.25) is 10.1 Å². The number of aliphatic hydroxyl groups excluding tert-OH is 2. The highest BCUT2D eigenvalue weighted by Crippen LogP contribution is 2.34. The van der Waals surface area contributed by atoms with Gasteiger partial charge in [0, 0.05) is 17.1 Å². The zero-order valence-electron chi connectivity index (χ0n) is 8.56. The van der Waals surface area contributed by atoms with E-state index < -0.39 is 11.0 Å². The van der Waals surface area contributed by atoms with Crippen molar-refractivity contribution in [2.24, 2.45) is 0 Å². The molecule has 0 saturated heterocycles. The Morgan fingerprint density at radius 1 is 1.41 bits per heavy atom. The number of hydrogen-bond donors (Lipinski definition) is 3. The molecule has 6 nitrogen and oxygen atoms in total. The summed E-state index contributed by atoms with van der Waals surface area (Å²) >= 11 is 6.28. The molecule has 1 atom stereocenters. The van der Waals surface area contributed by atoms with E-state index in [1.807, 2.05) is 0 Å². The summed E-state index contributed by atoms with van der Waals surface area (Å²) in [5.74, 6) is 0. The van der Waals surface area contributed by atoms with Crippen molar-refractivity contribution in [3.05, 3.63) is 31.2 Å². The molecule has 0 aliphatic heterocycles. The number of rotatable bonds is 5. The first kappa shape index (κ1) is 14.4. The van der Waals surface area contributed by atoms with E-state index in [0.29, 0.717) is 14.6 Å². The summed E-state index contributed by atoms with van der Waals surface area (Å²) in [6, 6.07) is 2.89. The quantitative estimate of drug-likeness (QED) is 0.544. The summed E-state index contributed by atoms with van der Waals surface area (Å²) in [7, 11) is 0. The maximum absolute atomic E-state index is 10.7. The van der Waals surface area contributed by atoms with E-state index in [4.69, 9.17) is 5.11 Å². The van der Waals surface area contributed by atoms with Crippen molar-refractivity contribution >= 4 is 43.2 Å². The number of benzene rings is 1. The van der Waals surface area contributed by atoms with Gasteiger partial charge in [-0.1, -0.05) is 0 Å². The van der Waals surface area contributed by atoms with Crippen molar-refractivity contribution in [3.8, 4) is 0 Å². The van der Waals surface area contributed by atoms with Gasteiger partial charge in [0.15, 0.2) is 0 Å². The number of nitro groups is 1. The maximum atomic E-state index is 10.7. The molecule has 0 amide bonds. The molecule has 0 heterocycles. The SMILES string of the molecule is O=[N+]([O-])c1cc(Br)c(NCC(O)CO)cc1Br. The molecule has 0 aromatic heterocycles. The summed E-state index contributed by atoms with van der Waals surface area (Å²) < 4.78 is 0.851. The van der Waals surface area contributed by atoms with Gasteiger partial charge in [-0.15, -0.1) is 0 Å². The molecule has 1 aromatic rings. The van der Waals surface area contributed by atoms with Crippen LogP contribution in [0.2, 0.25) is 0 Å². The van der Waals surface area contributed by atoms with E-state index in [0.717, 1.165) is 0 Å². The lowest BCUT2D eigenvalue weighted by molar-refractivity contribution is -0.385. The molecule has 1 aromatic carbocycles. The van der Waals surface area contributed by atoms with Gasteiger partial charge < -0.3 is 15.5 Å². The van der Waals surface area contributed by atoms with Crippen molar-refractivity contribution < 1.29 is 15.1 Å². The first-order chi connectivity index (χ1) is 7.95. The summed E-state index contributed by atoms with van der Waals surface area (Å²) in [4.78, 5) is 10.2. The lowest BCUT2D eigenvalue weighted by Crippen LogP contribution is -2.23. The van der Waals surface area contributed by atoms with Crippen molar-refractivity contribution in [1.82, 2.24) is 0 Å². The minimum Gasteiger partial charge on any atom is -0.394 e. The third-order valence-electron chi connectivity index (χ3n) is 1.97. The molecular weight excluding hydrogens is 360 g/mol. The molecule has 1 rings (SSSR count). The van der Waals surface area contributed by atoms with Crippen molar-refractivity contribution in [2.45, 2.75) is 6.10 Å². The van der Waals surface area contributed by atoms with Gasteiger partial charge in [-0.25, -0.2) is 0 Å². The molecule has 0 saturated carbocycles. The lowest BCUT2D eigenvalue weighted by atomic mass is 10.2. The topological polar surface area (TPSA) is 95.6 Å². The van der Waals surface area contributed by atoms with Gasteiger partial charge in [0.2, 0.25) is 0 Å². The monoisotopic (exact) mass is 368 g/mol. The fourth-order valence-corrected chi connectivity index (χ4v) is 2.06. The molecule has 0 aliphatic carbocycles. The standard InChI is InChI=1S/C9H10Br2N2O4/c10-6-2-9(13(16)17)7(11)1-8(6)12-3-5(15)4-14/h1-2,5,12,14-15H,3-4H2. The van der Waals surface area contributed by atoms with E-state index in [1.54, 1.807) is 0 Å². The Morgan fingerprint density at radius 3 is 2.59 bits per heavy atom. The first-order valence-electron chi connectivity index (χ1n) is 4.62. The minimum atomic E-state index is -0.879. The molecular formula is C9H10Br2N2O4. The van der Waals surface area contributed by atoms with Crippen LogP contribution >= 0.6 is 31.9 Å². The van der Waals surface area contributed by atoms with Crippen LogP contribution < -0.4 is 5.32 Å². The smallest absolute Gasteiger partial charge is 0.284 e. The molecule has 94 valence electrons. The number of nitrogens with zero attached hydrogens (tertiary/aromatic N) is 1. The molecule has 0 aliphatic rings. The zero-order valence-corrected chi connectivity index (χ0v) is 11.7. The van der Waals surface area contributed by atoms with Gasteiger partial charge >= 0.3 is 0 Å². The van der Waals surface area contributed by atoms with E-state index in [9.17, 15) is 15.2 Å². The average Bonchev–Trinajstić information content (AvgIpc) is 2.28. The highest BCUT2D eigenvalue weighted by Gasteiger charge is 2.15. The Morgan fingerprint density at radius 2 is 2.06 bits per heavy atom. The van der Waals surface area contributed by atoms with Crippen LogP contribution in [0.15, 0.2) is 21.1 Å². The number of nitro benzene ring substituents is 1. The van der Waals surface area contributed by atoms with Gasteiger partial charge in [-0.2, -0.15) is 0 Å². The van der Waals surface area contributed by atoms with Crippen LogP contribution in [0, 0.1) is 10.1 Å². The van der Waals surface area contributed by atoms with Gasteiger partial charge in [-0.05, 0) is 37.9 Å². The van der Waals surface area contributed by atoms with Crippen LogP contribution in [0.1, 0.15) is 0 Å². The van der Waals surface area contributed by atoms with Crippen LogP contribution in [0.4, 0.5) is 11.4 Å². The predicted octanol–water partition coefficient (Wildman–Crippen LogP) is 1.88. The third-order valence-corrected chi connectivity index (χ3v) is 3.26. The molecule has 3 N–H and O–H groups in total. The Labute approximate surface area is 114 Å². The number of hydrogen-bond acceptors (Lipinski definition) is 5. The number of aliphatic hydroxyl groups is 2. The Kier molecular flexibility index (Phi) is 5.31. The van der Waals surface area contributed by atoms with Crippen molar-refractivity contribution in [1.29, 1.82) is 0 Å². The van der Waals surface area contributed by atoms with Crippen LogP contribution in [0.3, 0.4) is 0 Å². The van der Waals surface area contributed by atoms with Gasteiger partial charge in [0.05, 0.1) is 27.8 Å². The molecule has 0 radical (unpaired) electrons. The largest absolute Gasteiger partial charge is 0.394 e. The maximum Gasteiger partial charge on any atom is 0.284 e. The van der Waals surface area contributed by atoms with Gasteiger partial charge in [0.1, 0.15) is 0 Å². The second kappa shape index (κ2) is 6.29. The van der Waals surface area contributed by atoms with Crippen LogP contribution in [0.25, 0.3) is 0 Å². The van der Waals surface area contributed by atoms with Crippen LogP contribution in [-0.2, 0) is 0 Å². The average molecular weight is 370 g/mol. The summed E-state index contributed by atoms with van der Waals surface area (Å²) in [5.41, 5.74) is 0.542. The highest BCUT2D eigenvalue weighted by molar-refractivity contribution is 9.11. The summed E-state index contributed by atoms with van der Waals surface area (Å²) in [6.45, 7) is -0.196. The van der Waals surface area contributed by atoms with Crippen molar-refractivity contribution in [3.63, 3.8) is 0 Å². The summed E-state index contributed by atoms with van der Waals surface area (Å²) in [6.07, 6.45) is -0.879. The fourth-order valence-electron chi connectivity index (χ4n) is 1.10. The van der Waals surface area contributed by atoms with Crippen molar-refractivity contribution in [2.75, 3.05) is 18.5 Å². The first-order valence-corrected chi connectivity index (χ1v) is 6.20. The zero-order chi connectivity index (χ0) is 13.0. The number of halogens is 2. The Hall–Kier alpha value is -0.700. The third kappa shape index (κ3) is 3.91. The van der Waals surface area contributed by atoms with Gasteiger partial charge in [0.25, 0.3) is 5.69 Å². The molecule has 1 unspecified atom stereocenters. The molecule has 17 heavy (non-hydrogen) atoms. The Bertz CT molecular complexity index is 428. The molecule has 0 fully saturated rings. The molecule has 0 spiro atoms. The lowest BCUT2D eigenvalue weighted by Gasteiger charge is -2.12. The van der Waals surface area contributed by atoms with Crippen LogP contribution in [0.5, 0.6) is 0 Å². The normalized spacial score (nSPS) is 12.2. The second-order valence-electron chi connectivity index (χ2n) is 3.26. The van der Waals surface area contributed by atoms with E-state index >= 15 is 0 Å². The van der Waals surface area contributed by atoms with E-state index in [2.05, 4.69) is 37.2 Å². The highest BCUT2D eigenvalue weighted by atomic mass is 79.9. The van der Waals surface area contributed by atoms with E-state index in [-0.39, 0.29) is 18.8 Å².